The Kier molecular flexibility index (Phi) is 8.75. The van der Waals surface area contributed by atoms with Crippen LogP contribution < -0.4 is 4.74 Å². The van der Waals surface area contributed by atoms with Crippen LogP contribution in [0.5, 0.6) is 5.75 Å². The van der Waals surface area contributed by atoms with E-state index in [2.05, 4.69) is 19.1 Å². The molecule has 0 saturated carbocycles. The first-order valence-corrected chi connectivity index (χ1v) is 8.79. The summed E-state index contributed by atoms with van der Waals surface area (Å²) in [6, 6.07) is 8.39. The quantitative estimate of drug-likeness (QED) is 0.417. The number of ether oxygens (including phenoxy) is 2. The molecule has 0 unspecified atom stereocenters. The molecule has 130 valence electrons. The normalized spacial score (nSPS) is 11.3. The maximum atomic E-state index is 11.6. The molecule has 0 aliphatic carbocycles. The lowest BCUT2D eigenvalue weighted by molar-refractivity contribution is -0.151. The Morgan fingerprint density at radius 3 is 2.35 bits per heavy atom. The zero-order chi connectivity index (χ0) is 17.1. The van der Waals surface area contributed by atoms with E-state index in [0.717, 1.165) is 25.0 Å². The summed E-state index contributed by atoms with van der Waals surface area (Å²) in [5.41, 5.74) is 0.931. The van der Waals surface area contributed by atoms with Gasteiger partial charge < -0.3 is 9.47 Å². The highest BCUT2D eigenvalue weighted by molar-refractivity contribution is 5.75. The van der Waals surface area contributed by atoms with E-state index < -0.39 is 5.41 Å². The van der Waals surface area contributed by atoms with E-state index in [1.54, 1.807) is 0 Å². The molecule has 0 radical (unpaired) electrons. The monoisotopic (exact) mass is 320 g/mol. The SMILES string of the molecule is CCCCCCc1ccc(OCCCC(C)(C)C(=O)OC)cc1. The van der Waals surface area contributed by atoms with Crippen LogP contribution in [0.15, 0.2) is 24.3 Å². The molecule has 0 fully saturated rings. The second kappa shape index (κ2) is 10.3. The predicted molar refractivity (Wildman–Crippen MR) is 94.8 cm³/mol. The van der Waals surface area contributed by atoms with Crippen molar-refractivity contribution in [3.8, 4) is 5.75 Å². The van der Waals surface area contributed by atoms with Crippen molar-refractivity contribution in [3.63, 3.8) is 0 Å². The van der Waals surface area contributed by atoms with Gasteiger partial charge in [-0.1, -0.05) is 38.3 Å². The summed E-state index contributed by atoms with van der Waals surface area (Å²) in [4.78, 5) is 11.6. The van der Waals surface area contributed by atoms with Crippen LogP contribution in [-0.2, 0) is 16.0 Å². The number of carbonyl (C=O) groups excluding carboxylic acids is 1. The van der Waals surface area contributed by atoms with E-state index in [0.29, 0.717) is 6.61 Å². The van der Waals surface area contributed by atoms with E-state index >= 15 is 0 Å². The third-order valence-corrected chi connectivity index (χ3v) is 4.20. The topological polar surface area (TPSA) is 35.5 Å². The van der Waals surface area contributed by atoms with E-state index in [1.165, 1.54) is 38.4 Å². The van der Waals surface area contributed by atoms with Crippen molar-refractivity contribution < 1.29 is 14.3 Å². The van der Waals surface area contributed by atoms with Crippen LogP contribution in [0, 0.1) is 5.41 Å². The van der Waals surface area contributed by atoms with Crippen molar-refractivity contribution in [1.82, 2.24) is 0 Å². The van der Waals surface area contributed by atoms with Crippen molar-refractivity contribution in [1.29, 1.82) is 0 Å². The fourth-order valence-corrected chi connectivity index (χ4v) is 2.59. The first-order chi connectivity index (χ1) is 11.0. The summed E-state index contributed by atoms with van der Waals surface area (Å²) in [6.07, 6.45) is 7.91. The Bertz CT molecular complexity index is 448. The van der Waals surface area contributed by atoms with Crippen LogP contribution in [0.4, 0.5) is 0 Å². The van der Waals surface area contributed by atoms with Gasteiger partial charge in [0.15, 0.2) is 0 Å². The van der Waals surface area contributed by atoms with Gasteiger partial charge in [0.1, 0.15) is 5.75 Å². The van der Waals surface area contributed by atoms with Crippen LogP contribution in [0.25, 0.3) is 0 Å². The zero-order valence-corrected chi connectivity index (χ0v) is 15.2. The number of benzene rings is 1. The lowest BCUT2D eigenvalue weighted by Gasteiger charge is -2.21. The van der Waals surface area contributed by atoms with Crippen LogP contribution >= 0.6 is 0 Å². The summed E-state index contributed by atoms with van der Waals surface area (Å²) in [5, 5.41) is 0. The number of unbranched alkanes of at least 4 members (excludes halogenated alkanes) is 3. The molecular weight excluding hydrogens is 288 g/mol. The molecule has 0 N–H and O–H groups in total. The second-order valence-electron chi connectivity index (χ2n) is 6.78. The first kappa shape index (κ1) is 19.5. The third-order valence-electron chi connectivity index (χ3n) is 4.20. The molecule has 0 aromatic heterocycles. The Labute approximate surface area is 141 Å². The highest BCUT2D eigenvalue weighted by Crippen LogP contribution is 2.24. The second-order valence-corrected chi connectivity index (χ2v) is 6.78. The van der Waals surface area contributed by atoms with Crippen LogP contribution in [0.2, 0.25) is 0 Å². The van der Waals surface area contributed by atoms with Crippen molar-refractivity contribution >= 4 is 5.97 Å². The Hall–Kier alpha value is -1.51. The van der Waals surface area contributed by atoms with Gasteiger partial charge in [-0.15, -0.1) is 0 Å². The van der Waals surface area contributed by atoms with Crippen molar-refractivity contribution in [3.05, 3.63) is 29.8 Å². The number of rotatable bonds is 11. The molecule has 0 heterocycles. The molecular formula is C20H32O3. The van der Waals surface area contributed by atoms with Crippen LogP contribution in [0.1, 0.15) is 64.9 Å². The van der Waals surface area contributed by atoms with Crippen molar-refractivity contribution in [2.45, 2.75) is 65.7 Å². The maximum Gasteiger partial charge on any atom is 0.311 e. The molecule has 1 aromatic carbocycles. The molecule has 3 heteroatoms. The molecule has 0 bridgehead atoms. The molecule has 0 spiro atoms. The van der Waals surface area contributed by atoms with Gasteiger partial charge in [0.2, 0.25) is 0 Å². The molecule has 0 amide bonds. The lowest BCUT2D eigenvalue weighted by atomic mass is 9.88. The predicted octanol–water partition coefficient (Wildman–Crippen LogP) is 5.17. The lowest BCUT2D eigenvalue weighted by Crippen LogP contribution is -2.26. The van der Waals surface area contributed by atoms with Gasteiger partial charge in [0.25, 0.3) is 0 Å². The van der Waals surface area contributed by atoms with Crippen LogP contribution in [-0.4, -0.2) is 19.7 Å². The highest BCUT2D eigenvalue weighted by Gasteiger charge is 2.27. The van der Waals surface area contributed by atoms with Crippen molar-refractivity contribution in [2.75, 3.05) is 13.7 Å². The molecule has 1 rings (SSSR count). The van der Waals surface area contributed by atoms with E-state index in [4.69, 9.17) is 9.47 Å². The van der Waals surface area contributed by atoms with Gasteiger partial charge in [-0.3, -0.25) is 4.79 Å². The van der Waals surface area contributed by atoms with Gasteiger partial charge in [0, 0.05) is 0 Å². The average Bonchev–Trinajstić information content (AvgIpc) is 2.56. The molecule has 1 aromatic rings. The number of carbonyl (C=O) groups is 1. The highest BCUT2D eigenvalue weighted by atomic mass is 16.5. The molecule has 23 heavy (non-hydrogen) atoms. The van der Waals surface area contributed by atoms with Gasteiger partial charge in [-0.25, -0.2) is 0 Å². The van der Waals surface area contributed by atoms with Gasteiger partial charge in [0.05, 0.1) is 19.1 Å². The summed E-state index contributed by atoms with van der Waals surface area (Å²) in [6.45, 7) is 6.67. The molecule has 0 atom stereocenters. The smallest absolute Gasteiger partial charge is 0.311 e. The van der Waals surface area contributed by atoms with E-state index in [1.807, 2.05) is 26.0 Å². The minimum absolute atomic E-state index is 0.162. The maximum absolute atomic E-state index is 11.6. The first-order valence-electron chi connectivity index (χ1n) is 8.79. The average molecular weight is 320 g/mol. The Morgan fingerprint density at radius 1 is 1.04 bits per heavy atom. The van der Waals surface area contributed by atoms with Crippen LogP contribution in [0.3, 0.4) is 0 Å². The summed E-state index contributed by atoms with van der Waals surface area (Å²) in [5.74, 6) is 0.739. The van der Waals surface area contributed by atoms with Gasteiger partial charge >= 0.3 is 5.97 Å². The fraction of sp³-hybridized carbons (Fsp3) is 0.650. The summed E-state index contributed by atoms with van der Waals surface area (Å²) >= 11 is 0. The zero-order valence-electron chi connectivity index (χ0n) is 15.2. The van der Waals surface area contributed by atoms with Gasteiger partial charge in [-0.2, -0.15) is 0 Å². The van der Waals surface area contributed by atoms with E-state index in [-0.39, 0.29) is 5.97 Å². The Balaban J connectivity index is 2.26. The standard InChI is InChI=1S/C20H32O3/c1-5-6-7-8-10-17-11-13-18(14-12-17)23-16-9-15-20(2,3)19(21)22-4/h11-14H,5-10,15-16H2,1-4H3. The third kappa shape index (κ3) is 7.54. The van der Waals surface area contributed by atoms with Gasteiger partial charge in [-0.05, 0) is 57.2 Å². The Morgan fingerprint density at radius 2 is 1.74 bits per heavy atom. The molecule has 0 saturated heterocycles. The number of aryl methyl sites for hydroxylation is 1. The summed E-state index contributed by atoms with van der Waals surface area (Å²) < 4.78 is 10.6. The fourth-order valence-electron chi connectivity index (χ4n) is 2.59. The number of esters is 1. The van der Waals surface area contributed by atoms with E-state index in [9.17, 15) is 4.79 Å². The number of hydrogen-bond donors (Lipinski definition) is 0. The molecule has 3 nitrogen and oxygen atoms in total. The molecule has 0 aliphatic heterocycles. The largest absolute Gasteiger partial charge is 0.494 e. The van der Waals surface area contributed by atoms with Crippen molar-refractivity contribution in [2.24, 2.45) is 5.41 Å². The minimum Gasteiger partial charge on any atom is -0.494 e. The minimum atomic E-state index is -0.444. The summed E-state index contributed by atoms with van der Waals surface area (Å²) in [7, 11) is 1.43. The number of hydrogen-bond acceptors (Lipinski definition) is 3. The molecule has 0 aliphatic rings. The number of methoxy groups -OCH3 is 1.